The van der Waals surface area contributed by atoms with Crippen molar-refractivity contribution in [1.29, 1.82) is 0 Å². The summed E-state index contributed by atoms with van der Waals surface area (Å²) in [6.07, 6.45) is 3.25. The Bertz CT molecular complexity index is 1890. The predicted molar refractivity (Wildman–Crippen MR) is 153 cm³/mol. The van der Waals surface area contributed by atoms with Crippen molar-refractivity contribution in [3.63, 3.8) is 0 Å². The lowest BCUT2D eigenvalue weighted by Gasteiger charge is -2.34. The first-order valence-electron chi connectivity index (χ1n) is 13.0. The van der Waals surface area contributed by atoms with Crippen LogP contribution < -0.4 is 15.8 Å². The van der Waals surface area contributed by atoms with Crippen molar-refractivity contribution < 1.29 is 0 Å². The van der Waals surface area contributed by atoms with E-state index in [9.17, 15) is 4.79 Å². The predicted octanol–water partition coefficient (Wildman–Crippen LogP) is 3.78. The maximum atomic E-state index is 13.8. The normalized spacial score (nSPS) is 14.5. The molecule has 0 aliphatic carbocycles. The molecule has 1 aliphatic heterocycles. The lowest BCUT2D eigenvalue weighted by molar-refractivity contribution is 0.313. The Balaban J connectivity index is 1.30. The number of fused-ring (bicyclic) bond motifs is 4. The van der Waals surface area contributed by atoms with Crippen LogP contribution in [-0.4, -0.2) is 67.3 Å². The fourth-order valence-electron chi connectivity index (χ4n) is 5.26. The molecule has 1 N–H and O–H groups in total. The number of nitrogens with zero attached hydrogens (tertiary/aromatic N) is 8. The summed E-state index contributed by atoms with van der Waals surface area (Å²) in [7, 11) is 2.15. The van der Waals surface area contributed by atoms with E-state index in [1.165, 1.54) is 5.69 Å². The number of hydrogen-bond donors (Lipinski definition) is 1. The van der Waals surface area contributed by atoms with Crippen LogP contribution in [0.2, 0.25) is 0 Å². The van der Waals surface area contributed by atoms with Crippen molar-refractivity contribution in [2.24, 2.45) is 0 Å². The van der Waals surface area contributed by atoms with E-state index in [1.54, 1.807) is 21.6 Å². The Morgan fingerprint density at radius 2 is 1.69 bits per heavy atom. The number of rotatable bonds is 4. The number of aromatic nitrogens is 6. The molecule has 2 aromatic carbocycles. The molecule has 6 aromatic rings. The maximum absolute atomic E-state index is 13.8. The SMILES string of the molecule is Cc1cccc2c1c1nc3nc(Nc4ccc(N5CCN(C)CC5)cc4)ncc3c(=O)n1n2-c1ccccn1. The number of anilines is 3. The second kappa shape index (κ2) is 9.17. The summed E-state index contributed by atoms with van der Waals surface area (Å²) >= 11 is 0. The van der Waals surface area contributed by atoms with Crippen LogP contribution >= 0.6 is 0 Å². The minimum atomic E-state index is -0.251. The van der Waals surface area contributed by atoms with Gasteiger partial charge in [0, 0.05) is 55.3 Å². The average Bonchev–Trinajstić information content (AvgIpc) is 3.30. The van der Waals surface area contributed by atoms with Crippen molar-refractivity contribution >= 4 is 44.9 Å². The van der Waals surface area contributed by atoms with Crippen LogP contribution in [0.5, 0.6) is 0 Å². The van der Waals surface area contributed by atoms with Gasteiger partial charge in [0.05, 0.1) is 5.52 Å². The number of pyridine rings is 1. The van der Waals surface area contributed by atoms with Gasteiger partial charge in [-0.1, -0.05) is 18.2 Å². The summed E-state index contributed by atoms with van der Waals surface area (Å²) in [6.45, 7) is 6.17. The largest absolute Gasteiger partial charge is 0.369 e. The van der Waals surface area contributed by atoms with Crippen LogP contribution in [0.15, 0.2) is 77.9 Å². The van der Waals surface area contributed by atoms with Crippen molar-refractivity contribution in [3.05, 3.63) is 89.0 Å². The van der Waals surface area contributed by atoms with E-state index in [4.69, 9.17) is 4.98 Å². The Kier molecular flexibility index (Phi) is 5.48. The molecule has 10 heteroatoms. The van der Waals surface area contributed by atoms with Gasteiger partial charge in [-0.2, -0.15) is 9.50 Å². The van der Waals surface area contributed by atoms with E-state index in [-0.39, 0.29) is 5.56 Å². The summed E-state index contributed by atoms with van der Waals surface area (Å²) in [5.41, 5.74) is 4.55. The highest BCUT2D eigenvalue weighted by Gasteiger charge is 2.20. The molecule has 39 heavy (non-hydrogen) atoms. The zero-order chi connectivity index (χ0) is 26.5. The fourth-order valence-corrected chi connectivity index (χ4v) is 5.26. The van der Waals surface area contributed by atoms with Crippen LogP contribution in [0.4, 0.5) is 17.3 Å². The third kappa shape index (κ3) is 3.96. The highest BCUT2D eigenvalue weighted by Crippen LogP contribution is 2.27. The van der Waals surface area contributed by atoms with E-state index in [1.807, 2.05) is 55.5 Å². The molecule has 0 bridgehead atoms. The molecule has 194 valence electrons. The summed E-state index contributed by atoms with van der Waals surface area (Å²) in [4.78, 5) is 37.0. The number of piperazine rings is 1. The summed E-state index contributed by atoms with van der Waals surface area (Å²) in [6, 6.07) is 19.8. The fraction of sp³-hybridized carbons (Fsp3) is 0.207. The minimum Gasteiger partial charge on any atom is -0.369 e. The highest BCUT2D eigenvalue weighted by molar-refractivity contribution is 5.97. The summed E-state index contributed by atoms with van der Waals surface area (Å²) in [5.74, 6) is 1.02. The first-order valence-corrected chi connectivity index (χ1v) is 13.0. The number of nitrogens with one attached hydrogen (secondary N) is 1. The topological polar surface area (TPSA) is 96.5 Å². The van der Waals surface area contributed by atoms with Crippen LogP contribution in [0, 0.1) is 6.92 Å². The van der Waals surface area contributed by atoms with Crippen molar-refractivity contribution in [2.75, 3.05) is 43.4 Å². The molecule has 0 saturated carbocycles. The van der Waals surface area contributed by atoms with Crippen molar-refractivity contribution in [1.82, 2.24) is 34.0 Å². The lowest BCUT2D eigenvalue weighted by Crippen LogP contribution is -2.44. The molecule has 10 nitrogen and oxygen atoms in total. The van der Waals surface area contributed by atoms with Gasteiger partial charge in [0.25, 0.3) is 5.56 Å². The Hall–Kier alpha value is -4.83. The second-order valence-corrected chi connectivity index (χ2v) is 9.91. The van der Waals surface area contributed by atoms with Gasteiger partial charge in [-0.3, -0.25) is 4.79 Å². The van der Waals surface area contributed by atoms with Gasteiger partial charge in [-0.25, -0.2) is 19.6 Å². The first kappa shape index (κ1) is 23.3. The molecular weight excluding hydrogens is 490 g/mol. The molecule has 0 unspecified atom stereocenters. The van der Waals surface area contributed by atoms with Crippen LogP contribution in [0.3, 0.4) is 0 Å². The monoisotopic (exact) mass is 517 g/mol. The molecule has 1 saturated heterocycles. The molecule has 0 spiro atoms. The van der Waals surface area contributed by atoms with E-state index in [0.29, 0.717) is 28.4 Å². The Labute approximate surface area is 224 Å². The molecular formula is C29H27N9O. The third-order valence-electron chi connectivity index (χ3n) is 7.36. The highest BCUT2D eigenvalue weighted by atomic mass is 16.1. The Morgan fingerprint density at radius 1 is 0.872 bits per heavy atom. The van der Waals surface area contributed by atoms with Gasteiger partial charge < -0.3 is 15.1 Å². The second-order valence-electron chi connectivity index (χ2n) is 9.91. The van der Waals surface area contributed by atoms with E-state index in [2.05, 4.69) is 49.2 Å². The van der Waals surface area contributed by atoms with E-state index < -0.39 is 0 Å². The van der Waals surface area contributed by atoms with E-state index in [0.717, 1.165) is 48.3 Å². The molecule has 5 heterocycles. The molecule has 0 radical (unpaired) electrons. The van der Waals surface area contributed by atoms with Gasteiger partial charge >= 0.3 is 0 Å². The van der Waals surface area contributed by atoms with Crippen LogP contribution in [-0.2, 0) is 0 Å². The summed E-state index contributed by atoms with van der Waals surface area (Å²) in [5, 5.41) is 4.49. The standard InChI is InChI=1S/C29H27N9O/c1-19-6-5-7-23-25(19)27-33-26-22(28(39)38(27)37(23)24-8-3-4-13-30-24)18-31-29(34-26)32-20-9-11-21(12-10-20)36-16-14-35(2)15-17-36/h3-13,18H,14-17H2,1-2H3,(H,31,32,34). The number of hydrogen-bond acceptors (Lipinski definition) is 8. The van der Waals surface area contributed by atoms with Crippen molar-refractivity contribution in [2.45, 2.75) is 6.92 Å². The third-order valence-corrected chi connectivity index (χ3v) is 7.36. The molecule has 1 aliphatic rings. The van der Waals surface area contributed by atoms with E-state index >= 15 is 0 Å². The summed E-state index contributed by atoms with van der Waals surface area (Å²) < 4.78 is 3.37. The number of likely N-dealkylation sites (N-methyl/N-ethyl adjacent to an activating group) is 1. The molecule has 0 atom stereocenters. The molecule has 7 rings (SSSR count). The quantitative estimate of drug-likeness (QED) is 0.378. The number of aryl methyl sites for hydroxylation is 1. The zero-order valence-corrected chi connectivity index (χ0v) is 21.7. The van der Waals surface area contributed by atoms with Crippen molar-refractivity contribution in [3.8, 4) is 5.82 Å². The van der Waals surface area contributed by atoms with Gasteiger partial charge in [0.15, 0.2) is 17.1 Å². The average molecular weight is 518 g/mol. The minimum absolute atomic E-state index is 0.251. The van der Waals surface area contributed by atoms with Crippen LogP contribution in [0.1, 0.15) is 5.56 Å². The first-order chi connectivity index (χ1) is 19.1. The van der Waals surface area contributed by atoms with Gasteiger partial charge in [0.1, 0.15) is 5.39 Å². The molecule has 1 fully saturated rings. The lowest BCUT2D eigenvalue weighted by atomic mass is 10.1. The maximum Gasteiger partial charge on any atom is 0.284 e. The number of benzene rings is 2. The van der Waals surface area contributed by atoms with Crippen LogP contribution in [0.25, 0.3) is 33.4 Å². The molecule has 0 amide bonds. The Morgan fingerprint density at radius 3 is 2.46 bits per heavy atom. The van der Waals surface area contributed by atoms with Gasteiger partial charge in [0.2, 0.25) is 5.95 Å². The zero-order valence-electron chi connectivity index (χ0n) is 21.7. The van der Waals surface area contributed by atoms with Gasteiger partial charge in [-0.15, -0.1) is 0 Å². The molecule has 4 aromatic heterocycles. The smallest absolute Gasteiger partial charge is 0.284 e. The van der Waals surface area contributed by atoms with Gasteiger partial charge in [-0.05, 0) is 62.0 Å².